The molecule has 0 saturated heterocycles. The van der Waals surface area contributed by atoms with Crippen LogP contribution < -0.4 is 4.74 Å². The summed E-state index contributed by atoms with van der Waals surface area (Å²) in [7, 11) is 0. The Morgan fingerprint density at radius 1 is 1.14 bits per heavy atom. The second-order valence-corrected chi connectivity index (χ2v) is 7.99. The number of aliphatic hydroxyl groups is 1. The molecular weight excluding hydrogens is 409 g/mol. The van der Waals surface area contributed by atoms with Crippen molar-refractivity contribution in [1.29, 1.82) is 5.26 Å². The normalized spacial score (nSPS) is 19.2. The second kappa shape index (κ2) is 11.0. The van der Waals surface area contributed by atoms with E-state index in [4.69, 9.17) is 33.2 Å². The van der Waals surface area contributed by atoms with Crippen LogP contribution in [0.2, 0.25) is 0 Å². The molecule has 1 aliphatic carbocycles. The van der Waals surface area contributed by atoms with Crippen LogP contribution in [-0.4, -0.2) is 11.4 Å². The van der Waals surface area contributed by atoms with Gasteiger partial charge in [0.1, 0.15) is 22.3 Å². The lowest BCUT2D eigenvalue weighted by molar-refractivity contribution is -0.109. The minimum absolute atomic E-state index is 0. The number of benzene rings is 2. The lowest BCUT2D eigenvalue weighted by atomic mass is 10.1. The van der Waals surface area contributed by atoms with Gasteiger partial charge in [-0.2, -0.15) is 5.26 Å². The number of aldehydes is 1. The summed E-state index contributed by atoms with van der Waals surface area (Å²) < 4.78 is 5.85. The van der Waals surface area contributed by atoms with E-state index in [2.05, 4.69) is 0 Å². The highest BCUT2D eigenvalue weighted by atomic mass is 35.5. The average Bonchev–Trinajstić information content (AvgIpc) is 3.20. The number of carbonyl (C=O) groups excluding carboxylic acids is 1. The van der Waals surface area contributed by atoms with Gasteiger partial charge in [-0.3, -0.25) is 0 Å². The second-order valence-electron chi connectivity index (χ2n) is 6.98. The molecule has 0 heterocycles. The first kappa shape index (κ1) is 24.7. The molecule has 3 rings (SSSR count). The number of hydrogen-bond acceptors (Lipinski definition) is 4. The molecule has 1 saturated carbocycles. The number of allylic oxidation sites excluding steroid dienone is 1. The van der Waals surface area contributed by atoms with Crippen molar-refractivity contribution in [3.63, 3.8) is 0 Å². The third-order valence-corrected chi connectivity index (χ3v) is 4.98. The number of rotatable bonds is 5. The Bertz CT molecular complexity index is 871. The fourth-order valence-electron chi connectivity index (χ4n) is 2.88. The fourth-order valence-corrected chi connectivity index (χ4v) is 3.15. The quantitative estimate of drug-likeness (QED) is 0.434. The summed E-state index contributed by atoms with van der Waals surface area (Å²) >= 11 is 10.9. The minimum atomic E-state index is -1.12. The van der Waals surface area contributed by atoms with E-state index in [0.717, 1.165) is 12.0 Å². The minimum Gasteiger partial charge on any atom is -0.457 e. The molecule has 0 spiro atoms. The van der Waals surface area contributed by atoms with Gasteiger partial charge in [-0.1, -0.05) is 74.8 Å². The van der Waals surface area contributed by atoms with Crippen molar-refractivity contribution in [2.75, 3.05) is 0 Å². The van der Waals surface area contributed by atoms with Gasteiger partial charge in [0.25, 0.3) is 0 Å². The highest BCUT2D eigenvalue weighted by Gasteiger charge is 2.56. The molecule has 0 unspecified atom stereocenters. The van der Waals surface area contributed by atoms with Crippen molar-refractivity contribution in [2.45, 2.75) is 27.4 Å². The van der Waals surface area contributed by atoms with Crippen molar-refractivity contribution in [3.8, 4) is 17.6 Å². The maximum atomic E-state index is 10.5. The summed E-state index contributed by atoms with van der Waals surface area (Å²) in [4.78, 5) is 10.5. The Labute approximate surface area is 182 Å². The van der Waals surface area contributed by atoms with E-state index in [-0.39, 0.29) is 29.2 Å². The van der Waals surface area contributed by atoms with E-state index in [1.54, 1.807) is 36.4 Å². The molecule has 0 aromatic heterocycles. The smallest absolute Gasteiger partial charge is 0.166 e. The highest BCUT2D eigenvalue weighted by Crippen LogP contribution is 2.58. The van der Waals surface area contributed by atoms with Gasteiger partial charge in [0, 0.05) is 5.92 Å². The number of aliphatic hydroxyl groups excluding tert-OH is 1. The lowest BCUT2D eigenvalue weighted by Gasteiger charge is -2.07. The first-order valence-corrected chi connectivity index (χ1v) is 9.44. The molecular formula is C23H25Cl2NO3. The van der Waals surface area contributed by atoms with E-state index in [0.29, 0.717) is 11.3 Å². The fraction of sp³-hybridized carbons (Fsp3) is 0.304. The van der Waals surface area contributed by atoms with Crippen molar-refractivity contribution >= 4 is 29.5 Å². The first-order chi connectivity index (χ1) is 13.3. The maximum Gasteiger partial charge on any atom is 0.166 e. The summed E-state index contributed by atoms with van der Waals surface area (Å²) in [6.45, 7) is 4.06. The van der Waals surface area contributed by atoms with Crippen LogP contribution in [0.15, 0.2) is 65.2 Å². The van der Waals surface area contributed by atoms with Crippen LogP contribution in [0.1, 0.15) is 32.9 Å². The summed E-state index contributed by atoms with van der Waals surface area (Å²) in [5.74, 6) is 1.64. The van der Waals surface area contributed by atoms with Crippen LogP contribution in [0.4, 0.5) is 0 Å². The number of nitriles is 1. The molecule has 6 heteroatoms. The van der Waals surface area contributed by atoms with Gasteiger partial charge in [0.15, 0.2) is 6.10 Å². The van der Waals surface area contributed by atoms with Crippen molar-refractivity contribution < 1.29 is 14.6 Å². The molecule has 0 amide bonds. The van der Waals surface area contributed by atoms with Crippen LogP contribution >= 0.6 is 23.2 Å². The Balaban J connectivity index is 0.000000306. The predicted octanol–water partition coefficient (Wildman–Crippen LogP) is 6.45. The van der Waals surface area contributed by atoms with Crippen LogP contribution in [0, 0.1) is 28.6 Å². The molecule has 1 N–H and O–H groups in total. The summed E-state index contributed by atoms with van der Waals surface area (Å²) in [5.41, 5.74) is 0.581. The zero-order valence-corrected chi connectivity index (χ0v) is 17.1. The number of halogens is 2. The van der Waals surface area contributed by atoms with Crippen LogP contribution in [0.3, 0.4) is 0 Å². The molecule has 1 aliphatic rings. The molecule has 0 aliphatic heterocycles. The monoisotopic (exact) mass is 433 g/mol. The molecule has 1 fully saturated rings. The molecule has 154 valence electrons. The summed E-state index contributed by atoms with van der Waals surface area (Å²) in [6.07, 6.45) is 1.59. The van der Waals surface area contributed by atoms with E-state index in [9.17, 15) is 9.90 Å². The largest absolute Gasteiger partial charge is 0.457 e. The van der Waals surface area contributed by atoms with Gasteiger partial charge in [0.2, 0.25) is 0 Å². The van der Waals surface area contributed by atoms with Gasteiger partial charge in [-0.05, 0) is 47.2 Å². The Morgan fingerprint density at radius 3 is 2.28 bits per heavy atom. The molecule has 2 aromatic carbocycles. The number of ether oxygens (including phenoxy) is 1. The zero-order chi connectivity index (χ0) is 20.7. The van der Waals surface area contributed by atoms with Gasteiger partial charge in [0.05, 0.1) is 6.07 Å². The van der Waals surface area contributed by atoms with E-state index < -0.39 is 6.10 Å². The average molecular weight is 434 g/mol. The van der Waals surface area contributed by atoms with Gasteiger partial charge >= 0.3 is 0 Å². The molecule has 0 bridgehead atoms. The number of hydrogen-bond donors (Lipinski definition) is 1. The Hall–Kier alpha value is -2.32. The molecule has 3 atom stereocenters. The van der Waals surface area contributed by atoms with Crippen LogP contribution in [0.5, 0.6) is 11.5 Å². The third kappa shape index (κ3) is 6.90. The topological polar surface area (TPSA) is 70.3 Å². The van der Waals surface area contributed by atoms with E-state index in [1.807, 2.05) is 44.2 Å². The van der Waals surface area contributed by atoms with E-state index in [1.165, 1.54) is 0 Å². The van der Waals surface area contributed by atoms with Crippen LogP contribution in [0.25, 0.3) is 0 Å². The Kier molecular flexibility index (Phi) is 9.39. The third-order valence-electron chi connectivity index (χ3n) is 4.72. The van der Waals surface area contributed by atoms with Crippen molar-refractivity contribution in [1.82, 2.24) is 0 Å². The molecule has 29 heavy (non-hydrogen) atoms. The summed E-state index contributed by atoms with van der Waals surface area (Å²) in [6, 6.07) is 18.0. The first-order valence-electron chi connectivity index (χ1n) is 8.68. The number of carbonyl (C=O) groups is 1. The zero-order valence-electron chi connectivity index (χ0n) is 15.5. The Morgan fingerprint density at radius 2 is 1.76 bits per heavy atom. The van der Waals surface area contributed by atoms with Crippen molar-refractivity contribution in [2.24, 2.45) is 17.3 Å². The van der Waals surface area contributed by atoms with Crippen molar-refractivity contribution in [3.05, 3.63) is 70.7 Å². The number of nitrogens with zero attached hydrogens (tertiary/aromatic N) is 1. The molecule has 0 radical (unpaired) electrons. The number of para-hydroxylation sites is 1. The standard InChI is InChI=1S/C14H11NO2.C8H10Cl2O.CH4/c15-10-14(16)11-5-4-8-13(9-11)17-12-6-2-1-3-7-12;1-8(2)5(3-7(9)10)6(8)4-11;/h1-9,14,16H;3-6H,1-2H3;1H4/t14-;5-,6+;/m01./s1. The SMILES string of the molecule is C.CC1(C)[C@H](C=C(Cl)Cl)[C@@H]1C=O.N#C[C@H](O)c1cccc(Oc2ccccc2)c1. The van der Waals surface area contributed by atoms with Gasteiger partial charge in [-0.25, -0.2) is 0 Å². The lowest BCUT2D eigenvalue weighted by Crippen LogP contribution is -1.93. The summed E-state index contributed by atoms with van der Waals surface area (Å²) in [5, 5.41) is 18.0. The predicted molar refractivity (Wildman–Crippen MR) is 117 cm³/mol. The molecule has 2 aromatic rings. The van der Waals surface area contributed by atoms with Crippen LogP contribution in [-0.2, 0) is 4.79 Å². The molecule has 4 nitrogen and oxygen atoms in total. The van der Waals surface area contributed by atoms with Gasteiger partial charge in [-0.15, -0.1) is 0 Å². The van der Waals surface area contributed by atoms with E-state index >= 15 is 0 Å². The highest BCUT2D eigenvalue weighted by molar-refractivity contribution is 6.55. The van der Waals surface area contributed by atoms with Gasteiger partial charge < -0.3 is 14.6 Å². The maximum absolute atomic E-state index is 10.5.